The highest BCUT2D eigenvalue weighted by molar-refractivity contribution is 5.89. The lowest BCUT2D eigenvalue weighted by Crippen LogP contribution is -2.60. The number of carbonyl (C=O) groups is 1. The number of benzene rings is 1. The number of hydrogen-bond acceptors (Lipinski definition) is 10. The highest BCUT2D eigenvalue weighted by Crippen LogP contribution is 2.37. The molecular formula is C27H38O10. The number of unbranched alkanes of at least 4 members (excludes halogenated alkanes) is 8. The van der Waals surface area contributed by atoms with Gasteiger partial charge in [-0.3, -0.25) is 4.79 Å². The molecule has 2 aromatic rings. The van der Waals surface area contributed by atoms with E-state index in [0.29, 0.717) is 11.8 Å². The summed E-state index contributed by atoms with van der Waals surface area (Å²) in [4.78, 5) is 24.3. The molecule has 0 unspecified atom stereocenters. The fraction of sp³-hybridized carbons (Fsp3) is 0.630. The van der Waals surface area contributed by atoms with Gasteiger partial charge in [-0.25, -0.2) is 4.79 Å². The van der Waals surface area contributed by atoms with E-state index >= 15 is 0 Å². The predicted octanol–water partition coefficient (Wildman–Crippen LogP) is 2.80. The molecule has 1 aromatic heterocycles. The van der Waals surface area contributed by atoms with Crippen molar-refractivity contribution in [1.82, 2.24) is 0 Å². The monoisotopic (exact) mass is 522 g/mol. The predicted molar refractivity (Wildman–Crippen MR) is 134 cm³/mol. The third-order valence-corrected chi connectivity index (χ3v) is 6.51. The Morgan fingerprint density at radius 2 is 1.57 bits per heavy atom. The summed E-state index contributed by atoms with van der Waals surface area (Å²) in [5.74, 6) is -0.537. The number of esters is 1. The van der Waals surface area contributed by atoms with Crippen LogP contribution in [0, 0.1) is 0 Å². The number of aliphatic hydroxyl groups excluding tert-OH is 4. The smallest absolute Gasteiger partial charge is 0.336 e. The maximum absolute atomic E-state index is 12.7. The van der Waals surface area contributed by atoms with Crippen molar-refractivity contribution in [2.75, 3.05) is 6.61 Å². The average molecular weight is 523 g/mol. The molecule has 3 rings (SSSR count). The fourth-order valence-corrected chi connectivity index (χ4v) is 4.33. The molecule has 0 radical (unpaired) electrons. The third-order valence-electron chi connectivity index (χ3n) is 6.51. The molecule has 0 amide bonds. The van der Waals surface area contributed by atoms with E-state index in [4.69, 9.17) is 18.6 Å². The van der Waals surface area contributed by atoms with Crippen molar-refractivity contribution in [3.05, 3.63) is 34.7 Å². The SMILES string of the molecule is CCCCCCCCCCCC(=O)Oc1c(O[C@@H]2O[C@H](CO)[C@@H](O)[C@H](O)[C@H]2O)ccc2oc(=O)ccc12. The molecular weight excluding hydrogens is 484 g/mol. The van der Waals surface area contributed by atoms with Gasteiger partial charge in [0, 0.05) is 12.5 Å². The van der Waals surface area contributed by atoms with Gasteiger partial charge in [0.25, 0.3) is 0 Å². The van der Waals surface area contributed by atoms with Gasteiger partial charge in [0.2, 0.25) is 6.29 Å². The molecule has 0 saturated carbocycles. The highest BCUT2D eigenvalue weighted by atomic mass is 16.7. The van der Waals surface area contributed by atoms with Crippen LogP contribution in [0.1, 0.15) is 71.1 Å². The summed E-state index contributed by atoms with van der Waals surface area (Å²) >= 11 is 0. The van der Waals surface area contributed by atoms with Crippen molar-refractivity contribution in [1.29, 1.82) is 0 Å². The van der Waals surface area contributed by atoms with E-state index in [1.807, 2.05) is 0 Å². The Labute approximate surface area is 215 Å². The Hall–Kier alpha value is -2.50. The fourth-order valence-electron chi connectivity index (χ4n) is 4.33. The summed E-state index contributed by atoms with van der Waals surface area (Å²) < 4.78 is 22.0. The molecule has 4 N–H and O–H groups in total. The van der Waals surface area contributed by atoms with Crippen LogP contribution in [0.5, 0.6) is 11.5 Å². The molecule has 1 aliphatic heterocycles. The number of hydrogen-bond donors (Lipinski definition) is 4. The second kappa shape index (κ2) is 14.4. The minimum absolute atomic E-state index is 0.00823. The van der Waals surface area contributed by atoms with Crippen LogP contribution in [0.2, 0.25) is 0 Å². The highest BCUT2D eigenvalue weighted by Gasteiger charge is 2.45. The van der Waals surface area contributed by atoms with Gasteiger partial charge in [-0.05, 0) is 24.6 Å². The molecule has 2 heterocycles. The van der Waals surface area contributed by atoms with Gasteiger partial charge in [-0.15, -0.1) is 0 Å². The van der Waals surface area contributed by atoms with Crippen LogP contribution in [-0.4, -0.2) is 63.7 Å². The largest absolute Gasteiger partial charge is 0.458 e. The molecule has 0 spiro atoms. The van der Waals surface area contributed by atoms with Crippen molar-refractivity contribution in [3.8, 4) is 11.5 Å². The minimum atomic E-state index is -1.65. The zero-order valence-electron chi connectivity index (χ0n) is 21.2. The van der Waals surface area contributed by atoms with Gasteiger partial charge in [-0.1, -0.05) is 58.3 Å². The van der Waals surface area contributed by atoms with Gasteiger partial charge < -0.3 is 39.1 Å². The molecule has 1 aromatic carbocycles. The Balaban J connectivity index is 1.67. The maximum Gasteiger partial charge on any atom is 0.336 e. The van der Waals surface area contributed by atoms with Gasteiger partial charge in [-0.2, -0.15) is 0 Å². The summed E-state index contributed by atoms with van der Waals surface area (Å²) in [7, 11) is 0. The van der Waals surface area contributed by atoms with Crippen molar-refractivity contribution in [2.45, 2.75) is 102 Å². The van der Waals surface area contributed by atoms with E-state index in [1.165, 1.54) is 56.4 Å². The van der Waals surface area contributed by atoms with Crippen LogP contribution < -0.4 is 15.1 Å². The Bertz CT molecular complexity index is 1050. The van der Waals surface area contributed by atoms with Crippen LogP contribution in [0.15, 0.2) is 33.5 Å². The zero-order valence-corrected chi connectivity index (χ0v) is 21.2. The van der Waals surface area contributed by atoms with Crippen molar-refractivity contribution in [2.24, 2.45) is 0 Å². The normalized spacial score (nSPS) is 23.8. The summed E-state index contributed by atoms with van der Waals surface area (Å²) in [5, 5.41) is 40.1. The van der Waals surface area contributed by atoms with Crippen molar-refractivity contribution < 1.29 is 43.8 Å². The molecule has 37 heavy (non-hydrogen) atoms. The van der Waals surface area contributed by atoms with Crippen LogP contribution in [0.25, 0.3) is 11.0 Å². The Kier molecular flexibility index (Phi) is 11.3. The van der Waals surface area contributed by atoms with Gasteiger partial charge >= 0.3 is 11.6 Å². The lowest BCUT2D eigenvalue weighted by molar-refractivity contribution is -0.277. The molecule has 0 bridgehead atoms. The summed E-state index contributed by atoms with van der Waals surface area (Å²) in [6.07, 6.45) is 2.67. The Morgan fingerprint density at radius 1 is 0.892 bits per heavy atom. The first kappa shape index (κ1) is 29.1. The van der Waals surface area contributed by atoms with E-state index in [0.717, 1.165) is 19.3 Å². The number of ether oxygens (including phenoxy) is 3. The van der Waals surface area contributed by atoms with Crippen LogP contribution in [0.4, 0.5) is 0 Å². The van der Waals surface area contributed by atoms with E-state index in [2.05, 4.69) is 6.92 Å². The molecule has 0 aliphatic carbocycles. The summed E-state index contributed by atoms with van der Waals surface area (Å²) in [6.45, 7) is 1.58. The van der Waals surface area contributed by atoms with E-state index in [-0.39, 0.29) is 23.5 Å². The standard InChI is InChI=1S/C27H38O10/c1-2-3-4-5-6-7-8-9-10-11-21(29)37-26-17-12-15-22(30)34-18(17)13-14-19(26)35-27-25(33)24(32)23(31)20(16-28)36-27/h12-15,20,23-25,27-28,31-33H,2-11,16H2,1H3/t20-,23-,24+,25-,27-/m1/s1. The molecule has 1 fully saturated rings. The van der Waals surface area contributed by atoms with Crippen LogP contribution in [-0.2, 0) is 9.53 Å². The first-order valence-electron chi connectivity index (χ1n) is 13.1. The van der Waals surface area contributed by atoms with Crippen LogP contribution >= 0.6 is 0 Å². The number of carbonyl (C=O) groups excluding carboxylic acids is 1. The van der Waals surface area contributed by atoms with E-state index < -0.39 is 48.9 Å². The molecule has 1 aliphatic rings. The second-order valence-corrected chi connectivity index (χ2v) is 9.43. The van der Waals surface area contributed by atoms with E-state index in [9.17, 15) is 30.0 Å². The lowest BCUT2D eigenvalue weighted by Gasteiger charge is -2.39. The molecule has 10 nitrogen and oxygen atoms in total. The topological polar surface area (TPSA) is 156 Å². The quantitative estimate of drug-likeness (QED) is 0.126. The molecule has 1 saturated heterocycles. The Morgan fingerprint density at radius 3 is 2.24 bits per heavy atom. The first-order chi connectivity index (χ1) is 17.8. The average Bonchev–Trinajstić information content (AvgIpc) is 2.89. The van der Waals surface area contributed by atoms with Crippen LogP contribution in [0.3, 0.4) is 0 Å². The molecule has 10 heteroatoms. The van der Waals surface area contributed by atoms with Gasteiger partial charge in [0.15, 0.2) is 11.5 Å². The number of fused-ring (bicyclic) bond motifs is 1. The van der Waals surface area contributed by atoms with Gasteiger partial charge in [0.05, 0.1) is 12.0 Å². The maximum atomic E-state index is 12.7. The third kappa shape index (κ3) is 7.99. The second-order valence-electron chi connectivity index (χ2n) is 9.43. The summed E-state index contributed by atoms with van der Waals surface area (Å²) in [5.41, 5.74) is -0.415. The first-order valence-corrected chi connectivity index (χ1v) is 13.1. The molecule has 206 valence electrons. The van der Waals surface area contributed by atoms with Crippen molar-refractivity contribution >= 4 is 16.9 Å². The molecule has 5 atom stereocenters. The zero-order chi connectivity index (χ0) is 26.8. The number of rotatable bonds is 14. The summed E-state index contributed by atoms with van der Waals surface area (Å²) in [6, 6.07) is 5.43. The lowest BCUT2D eigenvalue weighted by atomic mass is 9.99. The van der Waals surface area contributed by atoms with Gasteiger partial charge in [0.1, 0.15) is 30.0 Å². The van der Waals surface area contributed by atoms with Crippen molar-refractivity contribution in [3.63, 3.8) is 0 Å². The number of aliphatic hydroxyl groups is 4. The van der Waals surface area contributed by atoms with E-state index in [1.54, 1.807) is 0 Å². The minimum Gasteiger partial charge on any atom is -0.458 e.